The summed E-state index contributed by atoms with van der Waals surface area (Å²) < 4.78 is 27.2. The minimum atomic E-state index is -1.73. The maximum absolute atomic E-state index is 13.8. The number of carbonyl (C=O) groups excluding carboxylic acids is 1. The third kappa shape index (κ3) is 4.33. The van der Waals surface area contributed by atoms with Gasteiger partial charge in [0.15, 0.2) is 17.2 Å². The first-order valence-electron chi connectivity index (χ1n) is 8.16. The van der Waals surface area contributed by atoms with Crippen molar-refractivity contribution in [2.45, 2.75) is 37.5 Å². The van der Waals surface area contributed by atoms with Crippen LogP contribution in [0.3, 0.4) is 0 Å². The molecule has 1 unspecified atom stereocenters. The highest BCUT2D eigenvalue weighted by molar-refractivity contribution is 5.86. The molecule has 0 aromatic heterocycles. The quantitative estimate of drug-likeness (QED) is 0.557. The lowest BCUT2D eigenvalue weighted by Crippen LogP contribution is -2.62. The fourth-order valence-corrected chi connectivity index (χ4v) is 2.78. The number of aliphatic hydroxyl groups excluding tert-OH is 2. The van der Waals surface area contributed by atoms with Gasteiger partial charge in [-0.15, -0.1) is 0 Å². The van der Waals surface area contributed by atoms with E-state index >= 15 is 0 Å². The molecule has 1 aromatic rings. The zero-order chi connectivity index (χ0) is 18.7. The van der Waals surface area contributed by atoms with Gasteiger partial charge in [-0.1, -0.05) is 12.1 Å². The zero-order valence-electron chi connectivity index (χ0n) is 14.1. The second kappa shape index (κ2) is 7.74. The van der Waals surface area contributed by atoms with Crippen molar-refractivity contribution in [3.63, 3.8) is 0 Å². The SMILES string of the molecule is CC(CO)(CO)NCC1(O)CCCN(Cc2cccc(F)c2F)C1=O. The molecule has 4 N–H and O–H groups in total. The lowest BCUT2D eigenvalue weighted by atomic mass is 9.90. The molecule has 1 aliphatic rings. The van der Waals surface area contributed by atoms with Gasteiger partial charge < -0.3 is 25.5 Å². The van der Waals surface area contributed by atoms with E-state index in [0.717, 1.165) is 6.07 Å². The Bertz CT molecular complexity index is 625. The van der Waals surface area contributed by atoms with Crippen LogP contribution < -0.4 is 5.32 Å². The second-order valence-corrected chi connectivity index (χ2v) is 6.81. The summed E-state index contributed by atoms with van der Waals surface area (Å²) in [5.74, 6) is -2.58. The molecule has 1 amide bonds. The van der Waals surface area contributed by atoms with E-state index in [1.807, 2.05) is 0 Å². The molecular formula is C17H24F2N2O4. The number of β-amino-alcohol motifs (C(OH)–C–C–N with tert-alkyl or cyclic N) is 1. The Balaban J connectivity index is 2.10. The van der Waals surface area contributed by atoms with Crippen LogP contribution >= 0.6 is 0 Å². The van der Waals surface area contributed by atoms with Gasteiger partial charge in [-0.25, -0.2) is 8.78 Å². The van der Waals surface area contributed by atoms with E-state index in [2.05, 4.69) is 5.32 Å². The summed E-state index contributed by atoms with van der Waals surface area (Å²) in [7, 11) is 0. The summed E-state index contributed by atoms with van der Waals surface area (Å²) >= 11 is 0. The number of rotatable bonds is 7. The van der Waals surface area contributed by atoms with Gasteiger partial charge in [0.2, 0.25) is 0 Å². The van der Waals surface area contributed by atoms with Gasteiger partial charge in [0.1, 0.15) is 0 Å². The van der Waals surface area contributed by atoms with Crippen LogP contribution in [0.25, 0.3) is 0 Å². The topological polar surface area (TPSA) is 93.0 Å². The Kier molecular flexibility index (Phi) is 6.10. The predicted molar refractivity (Wildman–Crippen MR) is 86.5 cm³/mol. The van der Waals surface area contributed by atoms with Crippen LogP contribution in [0.2, 0.25) is 0 Å². The average molecular weight is 358 g/mol. The van der Waals surface area contributed by atoms with E-state index in [0.29, 0.717) is 13.0 Å². The monoisotopic (exact) mass is 358 g/mol. The first-order valence-corrected chi connectivity index (χ1v) is 8.16. The lowest BCUT2D eigenvalue weighted by molar-refractivity contribution is -0.158. The van der Waals surface area contributed by atoms with Crippen LogP contribution in [-0.2, 0) is 11.3 Å². The Morgan fingerprint density at radius 1 is 1.32 bits per heavy atom. The highest BCUT2D eigenvalue weighted by Gasteiger charge is 2.43. The van der Waals surface area contributed by atoms with Gasteiger partial charge in [-0.2, -0.15) is 0 Å². The Hall–Kier alpha value is -1.61. The fraction of sp³-hybridized carbons (Fsp3) is 0.588. The molecule has 140 valence electrons. The van der Waals surface area contributed by atoms with Crippen molar-refractivity contribution >= 4 is 5.91 Å². The van der Waals surface area contributed by atoms with Crippen LogP contribution in [0.15, 0.2) is 18.2 Å². The second-order valence-electron chi connectivity index (χ2n) is 6.81. The predicted octanol–water partition coefficient (Wildman–Crippen LogP) is 0.151. The normalized spacial score (nSPS) is 21.7. The number of halogens is 2. The smallest absolute Gasteiger partial charge is 0.256 e. The number of amides is 1. The van der Waals surface area contributed by atoms with Crippen LogP contribution in [0.4, 0.5) is 8.78 Å². The Morgan fingerprint density at radius 2 is 2.00 bits per heavy atom. The average Bonchev–Trinajstić information content (AvgIpc) is 2.61. The third-order valence-electron chi connectivity index (χ3n) is 4.60. The van der Waals surface area contributed by atoms with Crippen molar-refractivity contribution in [2.75, 3.05) is 26.3 Å². The van der Waals surface area contributed by atoms with Gasteiger partial charge >= 0.3 is 0 Å². The Labute approximate surface area is 145 Å². The zero-order valence-corrected chi connectivity index (χ0v) is 14.1. The largest absolute Gasteiger partial charge is 0.394 e. The molecule has 0 aliphatic carbocycles. The molecule has 25 heavy (non-hydrogen) atoms. The van der Waals surface area contributed by atoms with E-state index in [1.54, 1.807) is 6.92 Å². The molecule has 1 atom stereocenters. The van der Waals surface area contributed by atoms with Crippen molar-refractivity contribution in [1.29, 1.82) is 0 Å². The van der Waals surface area contributed by atoms with E-state index in [4.69, 9.17) is 0 Å². The molecule has 1 fully saturated rings. The van der Waals surface area contributed by atoms with Crippen molar-refractivity contribution < 1.29 is 28.9 Å². The molecule has 1 aromatic carbocycles. The van der Waals surface area contributed by atoms with Gasteiger partial charge in [0.25, 0.3) is 5.91 Å². The molecule has 1 heterocycles. The van der Waals surface area contributed by atoms with Crippen LogP contribution in [0.5, 0.6) is 0 Å². The van der Waals surface area contributed by atoms with Crippen LogP contribution in [-0.4, -0.2) is 63.6 Å². The number of likely N-dealkylation sites (tertiary alicyclic amines) is 1. The van der Waals surface area contributed by atoms with Gasteiger partial charge in [0, 0.05) is 25.2 Å². The highest BCUT2D eigenvalue weighted by Crippen LogP contribution is 2.25. The standard InChI is InChI=1S/C17H24F2N2O4/c1-16(10-22,11-23)20-9-17(25)6-3-7-21(15(17)24)8-12-4-2-5-13(18)14(12)19/h2,4-5,20,22-23,25H,3,6-11H2,1H3. The van der Waals surface area contributed by atoms with E-state index in [-0.39, 0.29) is 38.3 Å². The number of benzene rings is 1. The lowest BCUT2D eigenvalue weighted by Gasteiger charge is -2.40. The van der Waals surface area contributed by atoms with Crippen molar-refractivity contribution in [3.05, 3.63) is 35.4 Å². The first kappa shape index (κ1) is 19.7. The Morgan fingerprint density at radius 3 is 2.64 bits per heavy atom. The van der Waals surface area contributed by atoms with E-state index < -0.39 is 28.7 Å². The molecule has 0 spiro atoms. The summed E-state index contributed by atoms with van der Waals surface area (Å²) in [4.78, 5) is 13.9. The van der Waals surface area contributed by atoms with Gasteiger partial charge in [-0.05, 0) is 25.8 Å². The molecule has 0 radical (unpaired) electrons. The molecule has 0 bridgehead atoms. The summed E-state index contributed by atoms with van der Waals surface area (Å²) in [5, 5.41) is 32.1. The molecule has 1 aliphatic heterocycles. The van der Waals surface area contributed by atoms with E-state index in [9.17, 15) is 28.9 Å². The van der Waals surface area contributed by atoms with Crippen molar-refractivity contribution in [3.8, 4) is 0 Å². The van der Waals surface area contributed by atoms with E-state index in [1.165, 1.54) is 17.0 Å². The highest BCUT2D eigenvalue weighted by atomic mass is 19.2. The molecule has 0 saturated carbocycles. The number of piperidine rings is 1. The van der Waals surface area contributed by atoms with Gasteiger partial charge in [-0.3, -0.25) is 4.79 Å². The third-order valence-corrected chi connectivity index (χ3v) is 4.60. The van der Waals surface area contributed by atoms with Crippen molar-refractivity contribution in [2.24, 2.45) is 0 Å². The van der Waals surface area contributed by atoms with Crippen LogP contribution in [0, 0.1) is 11.6 Å². The number of nitrogens with zero attached hydrogens (tertiary/aromatic N) is 1. The summed E-state index contributed by atoms with van der Waals surface area (Å²) in [5.41, 5.74) is -2.72. The van der Waals surface area contributed by atoms with Gasteiger partial charge in [0.05, 0.1) is 18.8 Å². The van der Waals surface area contributed by atoms with Crippen LogP contribution in [0.1, 0.15) is 25.3 Å². The summed E-state index contributed by atoms with van der Waals surface area (Å²) in [6.45, 7) is 0.851. The number of nitrogens with one attached hydrogen (secondary N) is 1. The maximum Gasteiger partial charge on any atom is 0.256 e. The summed E-state index contributed by atoms with van der Waals surface area (Å²) in [6, 6.07) is 3.76. The van der Waals surface area contributed by atoms with Crippen molar-refractivity contribution in [1.82, 2.24) is 10.2 Å². The minimum Gasteiger partial charge on any atom is -0.394 e. The number of aliphatic hydroxyl groups is 3. The molecule has 1 saturated heterocycles. The number of carbonyl (C=O) groups is 1. The summed E-state index contributed by atoms with van der Waals surface area (Å²) in [6.07, 6.45) is 0.698. The molecule has 8 heteroatoms. The first-order chi connectivity index (χ1) is 11.7. The fourth-order valence-electron chi connectivity index (χ4n) is 2.78. The molecule has 6 nitrogen and oxygen atoms in total. The maximum atomic E-state index is 13.8. The minimum absolute atomic E-state index is 0.0427. The number of hydrogen-bond acceptors (Lipinski definition) is 5. The molecular weight excluding hydrogens is 334 g/mol. The number of hydrogen-bond donors (Lipinski definition) is 4. The molecule has 2 rings (SSSR count).